The van der Waals surface area contributed by atoms with Crippen LogP contribution in [-0.4, -0.2) is 16.0 Å². The molecule has 1 aliphatic rings. The number of halogens is 3. The molecular formula is C17H15ClF2N2O2. The lowest BCUT2D eigenvalue weighted by Crippen LogP contribution is -2.44. The molecule has 0 saturated carbocycles. The number of amides is 1. The molecule has 24 heavy (non-hydrogen) atoms. The predicted molar refractivity (Wildman–Crippen MR) is 84.5 cm³/mol. The van der Waals surface area contributed by atoms with Crippen LogP contribution in [0.15, 0.2) is 36.5 Å². The number of carbonyl (C=O) groups excluding carboxylic acids is 1. The number of fused-ring (bicyclic) bond motifs is 1. The number of nitrogens with zero attached hydrogens (tertiary/aromatic N) is 1. The summed E-state index contributed by atoms with van der Waals surface area (Å²) in [6.07, 6.45) is 0.541. The number of aliphatic hydroxyl groups excluding tert-OH is 1. The highest BCUT2D eigenvalue weighted by molar-refractivity contribution is 6.30. The fourth-order valence-corrected chi connectivity index (χ4v) is 3.04. The number of aromatic nitrogens is 1. The monoisotopic (exact) mass is 352 g/mol. The molecule has 0 unspecified atom stereocenters. The van der Waals surface area contributed by atoms with Crippen LogP contribution in [0.1, 0.15) is 35.8 Å². The normalized spacial score (nSPS) is 22.8. The van der Waals surface area contributed by atoms with Crippen molar-refractivity contribution in [1.82, 2.24) is 10.3 Å². The average Bonchev–Trinajstić information content (AvgIpc) is 2.59. The van der Waals surface area contributed by atoms with Crippen molar-refractivity contribution in [2.45, 2.75) is 31.2 Å². The van der Waals surface area contributed by atoms with Gasteiger partial charge in [-0.15, -0.1) is 0 Å². The second-order valence-electron chi connectivity index (χ2n) is 5.72. The van der Waals surface area contributed by atoms with Crippen molar-refractivity contribution < 1.29 is 18.7 Å². The van der Waals surface area contributed by atoms with Crippen LogP contribution in [0.3, 0.4) is 0 Å². The molecule has 126 valence electrons. The van der Waals surface area contributed by atoms with E-state index in [2.05, 4.69) is 10.3 Å². The molecule has 7 heteroatoms. The van der Waals surface area contributed by atoms with Crippen LogP contribution in [0.5, 0.6) is 0 Å². The Kier molecular flexibility index (Phi) is 4.51. The summed E-state index contributed by atoms with van der Waals surface area (Å²) in [4.78, 5) is 16.4. The minimum atomic E-state index is -2.26. The van der Waals surface area contributed by atoms with Crippen LogP contribution in [0.25, 0.3) is 0 Å². The third kappa shape index (κ3) is 2.99. The van der Waals surface area contributed by atoms with Crippen molar-refractivity contribution in [3.05, 3.63) is 64.2 Å². The maximum absolute atomic E-state index is 15.3. The highest BCUT2D eigenvalue weighted by atomic mass is 35.5. The van der Waals surface area contributed by atoms with Crippen LogP contribution in [0.4, 0.5) is 8.78 Å². The van der Waals surface area contributed by atoms with Crippen molar-refractivity contribution >= 4 is 17.5 Å². The van der Waals surface area contributed by atoms with E-state index in [0.717, 1.165) is 0 Å². The Morgan fingerprint density at radius 1 is 1.46 bits per heavy atom. The first-order valence-corrected chi connectivity index (χ1v) is 7.84. The molecule has 0 saturated heterocycles. The number of benzene rings is 1. The Morgan fingerprint density at radius 3 is 3.00 bits per heavy atom. The summed E-state index contributed by atoms with van der Waals surface area (Å²) in [5.41, 5.74) is -1.43. The molecule has 2 N–H and O–H groups in total. The molecule has 1 amide bonds. The van der Waals surface area contributed by atoms with E-state index in [-0.39, 0.29) is 35.7 Å². The van der Waals surface area contributed by atoms with Gasteiger partial charge in [0.2, 0.25) is 5.67 Å². The molecule has 0 spiro atoms. The fourth-order valence-electron chi connectivity index (χ4n) is 2.83. The minimum Gasteiger partial charge on any atom is -0.387 e. The van der Waals surface area contributed by atoms with Crippen molar-refractivity contribution in [1.29, 1.82) is 0 Å². The van der Waals surface area contributed by atoms with Crippen molar-refractivity contribution in [3.63, 3.8) is 0 Å². The highest BCUT2D eigenvalue weighted by Crippen LogP contribution is 2.42. The predicted octanol–water partition coefficient (Wildman–Crippen LogP) is 3.18. The van der Waals surface area contributed by atoms with Gasteiger partial charge in [-0.2, -0.15) is 0 Å². The first-order valence-electron chi connectivity index (χ1n) is 7.46. The van der Waals surface area contributed by atoms with Crippen LogP contribution >= 0.6 is 11.6 Å². The summed E-state index contributed by atoms with van der Waals surface area (Å²) in [5, 5.41) is 12.4. The molecule has 3 rings (SSSR count). The first-order chi connectivity index (χ1) is 11.4. The van der Waals surface area contributed by atoms with Crippen molar-refractivity contribution in [2.24, 2.45) is 0 Å². The number of alkyl halides is 1. The van der Waals surface area contributed by atoms with Gasteiger partial charge in [-0.25, -0.2) is 8.78 Å². The quantitative estimate of drug-likeness (QED) is 0.891. The van der Waals surface area contributed by atoms with Crippen LogP contribution < -0.4 is 5.32 Å². The molecule has 2 atom stereocenters. The van der Waals surface area contributed by atoms with Crippen LogP contribution in [0.2, 0.25) is 5.02 Å². The van der Waals surface area contributed by atoms with Gasteiger partial charge in [0.1, 0.15) is 5.82 Å². The van der Waals surface area contributed by atoms with E-state index in [1.165, 1.54) is 36.5 Å². The summed E-state index contributed by atoms with van der Waals surface area (Å²) in [5.74, 6) is -1.38. The Morgan fingerprint density at radius 2 is 2.25 bits per heavy atom. The number of rotatable bonds is 3. The van der Waals surface area contributed by atoms with Gasteiger partial charge in [-0.05, 0) is 36.6 Å². The Labute approximate surface area is 142 Å². The number of carbonyl (C=O) groups is 1. The highest BCUT2D eigenvalue weighted by Gasteiger charge is 2.46. The summed E-state index contributed by atoms with van der Waals surface area (Å²) in [7, 11) is 0. The summed E-state index contributed by atoms with van der Waals surface area (Å²) in [6.45, 7) is 0.0165. The first kappa shape index (κ1) is 16.8. The third-order valence-electron chi connectivity index (χ3n) is 4.14. The van der Waals surface area contributed by atoms with Crippen molar-refractivity contribution in [3.8, 4) is 0 Å². The van der Waals surface area contributed by atoms with Gasteiger partial charge in [0.25, 0.3) is 5.91 Å². The average molecular weight is 353 g/mol. The van der Waals surface area contributed by atoms with Crippen molar-refractivity contribution in [2.75, 3.05) is 0 Å². The number of hydrogen-bond acceptors (Lipinski definition) is 3. The molecule has 1 aromatic heterocycles. The zero-order valence-corrected chi connectivity index (χ0v) is 13.4. The molecule has 0 fully saturated rings. The van der Waals surface area contributed by atoms with Gasteiger partial charge >= 0.3 is 0 Å². The third-order valence-corrected chi connectivity index (χ3v) is 4.43. The van der Waals surface area contributed by atoms with Gasteiger partial charge in [0.15, 0.2) is 0 Å². The van der Waals surface area contributed by atoms with Crippen LogP contribution in [-0.2, 0) is 17.0 Å². The lowest BCUT2D eigenvalue weighted by molar-refractivity contribution is -0.135. The number of hydrogen-bond donors (Lipinski definition) is 2. The number of pyridine rings is 1. The lowest BCUT2D eigenvalue weighted by Gasteiger charge is -2.32. The van der Waals surface area contributed by atoms with Gasteiger partial charge in [-0.3, -0.25) is 9.78 Å². The topological polar surface area (TPSA) is 62.2 Å². The van der Waals surface area contributed by atoms with E-state index in [1.807, 2.05) is 0 Å². The summed E-state index contributed by atoms with van der Waals surface area (Å²) >= 11 is 5.69. The van der Waals surface area contributed by atoms with Gasteiger partial charge in [-0.1, -0.05) is 23.7 Å². The van der Waals surface area contributed by atoms with E-state index in [4.69, 9.17) is 11.6 Å². The van der Waals surface area contributed by atoms with Gasteiger partial charge in [0.05, 0.1) is 16.8 Å². The number of nitrogens with one attached hydrogen (secondary N) is 1. The minimum absolute atomic E-state index is 0.0165. The molecule has 0 aliphatic heterocycles. The fraction of sp³-hybridized carbons (Fsp3) is 0.294. The zero-order valence-electron chi connectivity index (χ0n) is 12.6. The Hall–Kier alpha value is -2.05. The smallest absolute Gasteiger partial charge is 0.262 e. The van der Waals surface area contributed by atoms with Gasteiger partial charge < -0.3 is 10.4 Å². The molecule has 1 heterocycles. The van der Waals surface area contributed by atoms with E-state index in [1.54, 1.807) is 0 Å². The largest absolute Gasteiger partial charge is 0.387 e. The van der Waals surface area contributed by atoms with E-state index in [9.17, 15) is 14.3 Å². The summed E-state index contributed by atoms with van der Waals surface area (Å²) < 4.78 is 28.5. The van der Waals surface area contributed by atoms with E-state index in [0.29, 0.717) is 5.56 Å². The molecule has 2 aromatic rings. The molecule has 4 nitrogen and oxygen atoms in total. The second kappa shape index (κ2) is 6.45. The van der Waals surface area contributed by atoms with Gasteiger partial charge in [0, 0.05) is 18.3 Å². The number of aliphatic hydroxyl groups is 1. The van der Waals surface area contributed by atoms with E-state index < -0.39 is 23.5 Å². The molecule has 0 radical (unpaired) electrons. The molecule has 0 bridgehead atoms. The Balaban J connectivity index is 1.79. The standard InChI is InChI=1S/C17H15ClF2N2O2/c18-12-8-10(3-4-13(12)19)9-22-16(24)17(20)6-5-14(23)15-11(17)2-1-7-21-15/h1-4,7-8,14,23H,5-6,9H2,(H,22,24)/t14-,17-/m0/s1. The lowest BCUT2D eigenvalue weighted by atomic mass is 9.81. The summed E-state index contributed by atoms with van der Waals surface area (Å²) in [6, 6.07) is 7.01. The SMILES string of the molecule is O=C(NCc1ccc(F)c(Cl)c1)[C@]1(F)CC[C@H](O)c2ncccc21. The second-order valence-corrected chi connectivity index (χ2v) is 6.13. The zero-order chi connectivity index (χ0) is 17.3. The molecule has 1 aliphatic carbocycles. The maximum Gasteiger partial charge on any atom is 0.262 e. The Bertz CT molecular complexity index is 787. The molecular weight excluding hydrogens is 338 g/mol. The van der Waals surface area contributed by atoms with E-state index >= 15 is 4.39 Å². The van der Waals surface area contributed by atoms with Crippen LogP contribution in [0, 0.1) is 5.82 Å². The molecule has 1 aromatic carbocycles. The maximum atomic E-state index is 15.3.